The van der Waals surface area contributed by atoms with Crippen LogP contribution < -0.4 is 47.5 Å². The van der Waals surface area contributed by atoms with E-state index in [4.69, 9.17) is 0 Å². The summed E-state index contributed by atoms with van der Waals surface area (Å²) in [4.78, 5) is 28.8. The van der Waals surface area contributed by atoms with Crippen LogP contribution in [0.15, 0.2) is 0 Å². The molecule has 0 atom stereocenters. The average molecular weight is 152 g/mol. The van der Waals surface area contributed by atoms with Crippen molar-refractivity contribution in [2.75, 3.05) is 7.11 Å². The van der Waals surface area contributed by atoms with Gasteiger partial charge in [0.1, 0.15) is 0 Å². The van der Waals surface area contributed by atoms with Gasteiger partial charge in [0.25, 0.3) is 0 Å². The number of carbonyl (C=O) groups excluding carboxylic acids is 1. The van der Waals surface area contributed by atoms with Crippen molar-refractivity contribution in [3.63, 3.8) is 0 Å². The Morgan fingerprint density at radius 2 is 1.70 bits per heavy atom. The molecule has 8 heteroatoms. The Labute approximate surface area is 82.0 Å². The maximum absolute atomic E-state index is 9.72. The molecule has 0 bridgehead atoms. The minimum absolute atomic E-state index is 0. The number of hydrogen-bond donors (Lipinski definition) is 0. The summed E-state index contributed by atoms with van der Waals surface area (Å²) < 4.78 is 13.1. The first-order chi connectivity index (χ1) is 3.48. The van der Waals surface area contributed by atoms with Crippen molar-refractivity contribution >= 4 is 13.3 Å². The van der Waals surface area contributed by atoms with Crippen LogP contribution in [0.5, 0.6) is 0 Å². The Bertz CT molecular complexity index is 141. The molecule has 0 N–H and O–H groups in total. The van der Waals surface area contributed by atoms with Crippen molar-refractivity contribution in [1.82, 2.24) is 0 Å². The van der Waals surface area contributed by atoms with Gasteiger partial charge in [0.05, 0.1) is 7.11 Å². The fourth-order valence-corrected chi connectivity index (χ4v) is 0.335. The molecule has 0 heterocycles. The molecule has 0 aliphatic rings. The zero-order chi connectivity index (χ0) is 6.78. The van der Waals surface area contributed by atoms with Crippen molar-refractivity contribution in [1.29, 1.82) is 0 Å². The van der Waals surface area contributed by atoms with Gasteiger partial charge >= 0.3 is 43.4 Å². The summed E-state index contributed by atoms with van der Waals surface area (Å²) in [6, 6.07) is 0. The number of carbonyl (C=O) groups is 1. The van der Waals surface area contributed by atoms with E-state index >= 15 is 0 Å². The molecule has 0 amide bonds. The van der Waals surface area contributed by atoms with Crippen molar-refractivity contribution in [2.45, 2.75) is 0 Å². The summed E-state index contributed by atoms with van der Waals surface area (Å²) in [6.45, 7) is 0. The number of rotatable bonds is 1. The quantitative estimate of drug-likeness (QED) is 0.275. The third kappa shape index (κ3) is 6.93. The van der Waals surface area contributed by atoms with E-state index in [9.17, 15) is 19.1 Å². The first kappa shape index (κ1) is 17.1. The van der Waals surface area contributed by atoms with Crippen LogP contribution >= 0.6 is 7.60 Å². The Morgan fingerprint density at radius 3 is 1.70 bits per heavy atom. The predicted molar refractivity (Wildman–Crippen MR) is 20.0 cm³/mol. The summed E-state index contributed by atoms with van der Waals surface area (Å²) in [5, 5.41) is 0. The normalized spacial score (nSPS) is 8.70. The molecule has 0 unspecified atom stereocenters. The monoisotopic (exact) mass is 152 g/mol. The third-order valence-electron chi connectivity index (χ3n) is 0.398. The molecule has 0 aromatic heterocycles. The minimum atomic E-state index is -5.12. The van der Waals surface area contributed by atoms with Gasteiger partial charge in [-0.3, -0.25) is 0 Å². The fraction of sp³-hybridized carbons (Fsp3) is 0.500. The fourth-order valence-electron chi connectivity index (χ4n) is 0.112. The molecule has 0 spiro atoms. The minimum Gasteiger partial charge on any atom is -0.803 e. The van der Waals surface area contributed by atoms with E-state index < -0.39 is 13.3 Å². The van der Waals surface area contributed by atoms with Gasteiger partial charge in [-0.1, -0.05) is 0 Å². The van der Waals surface area contributed by atoms with Gasteiger partial charge in [0.15, 0.2) is 0 Å². The van der Waals surface area contributed by atoms with E-state index in [1.165, 1.54) is 0 Å². The third-order valence-corrected chi connectivity index (χ3v) is 1.03. The molecule has 0 saturated heterocycles. The topological polar surface area (TPSA) is 89.5 Å². The van der Waals surface area contributed by atoms with Gasteiger partial charge in [-0.15, -0.1) is 0 Å². The van der Waals surface area contributed by atoms with Crippen LogP contribution in [0.25, 0.3) is 0 Å². The Balaban J connectivity index is -0.000000245. The molecule has 48 valence electrons. The molecule has 10 heavy (non-hydrogen) atoms. The second-order valence-electron chi connectivity index (χ2n) is 0.967. The molecule has 0 aliphatic heterocycles. The Hall–Kier alpha value is 0.815. The molecule has 0 rings (SSSR count). The van der Waals surface area contributed by atoms with Gasteiger partial charge in [0, 0.05) is 7.60 Å². The van der Waals surface area contributed by atoms with E-state index in [0.717, 1.165) is 7.11 Å². The zero-order valence-electron chi connectivity index (χ0n) is 5.99. The van der Waals surface area contributed by atoms with Gasteiger partial charge < -0.3 is 19.1 Å². The van der Waals surface area contributed by atoms with Gasteiger partial charge in [-0.25, -0.2) is 4.79 Å². The van der Waals surface area contributed by atoms with Crippen LogP contribution in [0.3, 0.4) is 0 Å². The molecule has 5 nitrogen and oxygen atoms in total. The van der Waals surface area contributed by atoms with Crippen LogP contribution in [0.4, 0.5) is 4.79 Å². The SMILES string of the molecule is COC(=O)P(=O)([O-])[O-].[Li+].[Li+]. The molecule has 0 aromatic rings. The maximum Gasteiger partial charge on any atom is 1.00 e. The first-order valence-corrected chi connectivity index (χ1v) is 3.13. The van der Waals surface area contributed by atoms with E-state index in [1.807, 2.05) is 0 Å². The summed E-state index contributed by atoms with van der Waals surface area (Å²) in [5.41, 5.74) is -1.72. The van der Waals surface area contributed by atoms with E-state index in [1.54, 1.807) is 0 Å². The largest absolute Gasteiger partial charge is 1.00 e. The summed E-state index contributed by atoms with van der Waals surface area (Å²) in [5.74, 6) is 0. The second kappa shape index (κ2) is 6.52. The van der Waals surface area contributed by atoms with Crippen LogP contribution in [-0.4, -0.2) is 12.8 Å². The molecule has 0 saturated carbocycles. The van der Waals surface area contributed by atoms with E-state index in [0.29, 0.717) is 0 Å². The number of methoxy groups -OCH3 is 1. The van der Waals surface area contributed by atoms with Crippen molar-refractivity contribution in [3.8, 4) is 0 Å². The molecule has 0 aromatic carbocycles. The van der Waals surface area contributed by atoms with Gasteiger partial charge in [0.2, 0.25) is 0 Å². The number of ether oxygens (including phenoxy) is 1. The summed E-state index contributed by atoms with van der Waals surface area (Å²) >= 11 is 0. The molecule has 0 radical (unpaired) electrons. The van der Waals surface area contributed by atoms with Gasteiger partial charge in [-0.2, -0.15) is 0 Å². The van der Waals surface area contributed by atoms with Crippen LogP contribution in [-0.2, 0) is 9.30 Å². The zero-order valence-corrected chi connectivity index (χ0v) is 6.88. The Morgan fingerprint density at radius 1 is 1.40 bits per heavy atom. The van der Waals surface area contributed by atoms with Crippen molar-refractivity contribution < 1.29 is 61.6 Å². The van der Waals surface area contributed by atoms with E-state index in [-0.39, 0.29) is 37.7 Å². The van der Waals surface area contributed by atoms with Crippen molar-refractivity contribution in [3.05, 3.63) is 0 Å². The van der Waals surface area contributed by atoms with E-state index in [2.05, 4.69) is 4.74 Å². The molecular weight excluding hydrogens is 149 g/mol. The Kier molecular flexibility index (Phi) is 11.1. The van der Waals surface area contributed by atoms with Crippen LogP contribution in [0.1, 0.15) is 0 Å². The molecule has 0 fully saturated rings. The second-order valence-corrected chi connectivity index (χ2v) is 2.33. The predicted octanol–water partition coefficient (Wildman–Crippen LogP) is -7.33. The maximum atomic E-state index is 9.72. The first-order valence-electron chi connectivity index (χ1n) is 1.59. The average Bonchev–Trinajstić information content (AvgIpc) is 1.62. The summed E-state index contributed by atoms with van der Waals surface area (Å²) in [6.07, 6.45) is 0. The smallest absolute Gasteiger partial charge is 0.803 e. The van der Waals surface area contributed by atoms with Crippen LogP contribution in [0.2, 0.25) is 0 Å². The standard InChI is InChI=1S/C2H5O5P.2Li/c1-7-2(3)8(4,5)6;;/h1H3,(H2,4,5,6);;/q;2*+1/p-2. The molecular formula is C2H3Li2O5P. The van der Waals surface area contributed by atoms with Gasteiger partial charge in [-0.05, 0) is 0 Å². The molecule has 0 aliphatic carbocycles. The number of hydrogen-bond acceptors (Lipinski definition) is 5. The summed E-state index contributed by atoms with van der Waals surface area (Å²) in [7, 11) is -4.29. The van der Waals surface area contributed by atoms with Crippen LogP contribution in [0, 0.1) is 0 Å². The van der Waals surface area contributed by atoms with Crippen molar-refractivity contribution in [2.24, 2.45) is 0 Å².